The third kappa shape index (κ3) is 5.67. The standard InChI is InChI=1S/C24H29N3O2/c28-24(20-12-15-27(16-13-20)18-19-5-2-1-3-6-19)26-21-8-10-22(11-9-21)29-23-7-4-14-25-17-23/h1-2,4,7-11,14,17,19-20H,3,5-6,12-13,15-16,18H2,(H,26,28). The minimum absolute atomic E-state index is 0.101. The van der Waals surface area contributed by atoms with Crippen LogP contribution in [0, 0.1) is 11.8 Å². The molecule has 0 radical (unpaired) electrons. The number of carbonyl (C=O) groups is 1. The van der Waals surface area contributed by atoms with Gasteiger partial charge < -0.3 is 15.0 Å². The third-order valence-corrected chi connectivity index (χ3v) is 5.84. The van der Waals surface area contributed by atoms with E-state index < -0.39 is 0 Å². The number of carbonyl (C=O) groups excluding carboxylic acids is 1. The molecule has 1 aromatic carbocycles. The molecule has 1 atom stereocenters. The van der Waals surface area contributed by atoms with Crippen molar-refractivity contribution in [1.29, 1.82) is 0 Å². The maximum Gasteiger partial charge on any atom is 0.227 e. The van der Waals surface area contributed by atoms with Crippen molar-refractivity contribution >= 4 is 11.6 Å². The first-order valence-electron chi connectivity index (χ1n) is 10.6. The van der Waals surface area contributed by atoms with Crippen LogP contribution in [-0.2, 0) is 4.79 Å². The molecule has 1 aliphatic heterocycles. The van der Waals surface area contributed by atoms with Gasteiger partial charge in [-0.3, -0.25) is 9.78 Å². The van der Waals surface area contributed by atoms with Gasteiger partial charge in [0, 0.05) is 24.3 Å². The highest BCUT2D eigenvalue weighted by Gasteiger charge is 2.26. The number of pyridine rings is 1. The van der Waals surface area contributed by atoms with Crippen LogP contribution in [-0.4, -0.2) is 35.4 Å². The Hall–Kier alpha value is -2.66. The van der Waals surface area contributed by atoms with Crippen molar-refractivity contribution in [2.75, 3.05) is 25.0 Å². The van der Waals surface area contributed by atoms with Crippen molar-refractivity contribution in [3.63, 3.8) is 0 Å². The number of hydrogen-bond donors (Lipinski definition) is 1. The number of nitrogens with zero attached hydrogens (tertiary/aromatic N) is 2. The molecular weight excluding hydrogens is 362 g/mol. The van der Waals surface area contributed by atoms with Crippen LogP contribution in [0.3, 0.4) is 0 Å². The summed E-state index contributed by atoms with van der Waals surface area (Å²) in [4.78, 5) is 19.2. The van der Waals surface area contributed by atoms with Gasteiger partial charge in [-0.15, -0.1) is 0 Å². The molecule has 4 rings (SSSR count). The summed E-state index contributed by atoms with van der Waals surface area (Å²) in [5.41, 5.74) is 0.810. The molecule has 1 aliphatic carbocycles. The zero-order chi connectivity index (χ0) is 19.9. The number of anilines is 1. The highest BCUT2D eigenvalue weighted by molar-refractivity contribution is 5.92. The Morgan fingerprint density at radius 1 is 1.07 bits per heavy atom. The Bertz CT molecular complexity index is 812. The van der Waals surface area contributed by atoms with Crippen LogP contribution in [0.15, 0.2) is 60.9 Å². The van der Waals surface area contributed by atoms with E-state index in [-0.39, 0.29) is 11.8 Å². The molecule has 0 bridgehead atoms. The third-order valence-electron chi connectivity index (χ3n) is 5.84. The first-order valence-corrected chi connectivity index (χ1v) is 10.6. The average Bonchev–Trinajstić information content (AvgIpc) is 2.77. The van der Waals surface area contributed by atoms with Crippen molar-refractivity contribution in [1.82, 2.24) is 9.88 Å². The normalized spacial score (nSPS) is 20.3. The van der Waals surface area contributed by atoms with Gasteiger partial charge in [-0.05, 0) is 87.5 Å². The fraction of sp³-hybridized carbons (Fsp3) is 0.417. The number of aromatic nitrogens is 1. The molecule has 1 N–H and O–H groups in total. The molecule has 1 saturated heterocycles. The number of rotatable bonds is 6. The van der Waals surface area contributed by atoms with Crippen LogP contribution >= 0.6 is 0 Å². The maximum absolute atomic E-state index is 12.7. The Kier molecular flexibility index (Phi) is 6.57. The molecule has 2 aliphatic rings. The summed E-state index contributed by atoms with van der Waals surface area (Å²) in [6.45, 7) is 3.23. The lowest BCUT2D eigenvalue weighted by Gasteiger charge is -2.34. The number of benzene rings is 1. The monoisotopic (exact) mass is 391 g/mol. The molecule has 2 heterocycles. The van der Waals surface area contributed by atoms with Gasteiger partial charge in [-0.25, -0.2) is 0 Å². The number of likely N-dealkylation sites (tertiary alicyclic amines) is 1. The molecule has 152 valence electrons. The summed E-state index contributed by atoms with van der Waals surface area (Å²) >= 11 is 0. The highest BCUT2D eigenvalue weighted by Crippen LogP contribution is 2.25. The quantitative estimate of drug-likeness (QED) is 0.713. The van der Waals surface area contributed by atoms with E-state index in [4.69, 9.17) is 4.74 Å². The van der Waals surface area contributed by atoms with Crippen LogP contribution in [0.25, 0.3) is 0 Å². The van der Waals surface area contributed by atoms with E-state index in [0.717, 1.165) is 43.3 Å². The lowest BCUT2D eigenvalue weighted by Crippen LogP contribution is -2.40. The van der Waals surface area contributed by atoms with E-state index in [2.05, 4.69) is 27.4 Å². The molecule has 0 spiro atoms. The van der Waals surface area contributed by atoms with E-state index in [0.29, 0.717) is 5.75 Å². The minimum Gasteiger partial charge on any atom is -0.456 e. The Balaban J connectivity index is 1.23. The first kappa shape index (κ1) is 19.6. The number of allylic oxidation sites excluding steroid dienone is 2. The SMILES string of the molecule is O=C(Nc1ccc(Oc2cccnc2)cc1)C1CCN(CC2CC=CCC2)CC1. The molecule has 5 heteroatoms. The summed E-state index contributed by atoms with van der Waals surface area (Å²) in [6.07, 6.45) is 13.6. The second-order valence-electron chi connectivity index (χ2n) is 8.03. The largest absolute Gasteiger partial charge is 0.456 e. The van der Waals surface area contributed by atoms with Crippen LogP contribution in [0.4, 0.5) is 5.69 Å². The first-order chi connectivity index (χ1) is 14.3. The van der Waals surface area contributed by atoms with E-state index in [1.807, 2.05) is 36.4 Å². The fourth-order valence-electron chi connectivity index (χ4n) is 4.16. The smallest absolute Gasteiger partial charge is 0.227 e. The van der Waals surface area contributed by atoms with Crippen molar-refractivity contribution < 1.29 is 9.53 Å². The molecule has 2 aromatic rings. The van der Waals surface area contributed by atoms with Gasteiger partial charge in [0.2, 0.25) is 5.91 Å². The predicted octanol–water partition coefficient (Wildman–Crippen LogP) is 4.88. The fourth-order valence-corrected chi connectivity index (χ4v) is 4.16. The lowest BCUT2D eigenvalue weighted by atomic mass is 9.91. The maximum atomic E-state index is 12.7. The van der Waals surface area contributed by atoms with Gasteiger partial charge in [0.15, 0.2) is 0 Å². The number of piperidine rings is 1. The molecule has 5 nitrogen and oxygen atoms in total. The Morgan fingerprint density at radius 2 is 1.90 bits per heavy atom. The number of hydrogen-bond acceptors (Lipinski definition) is 4. The van der Waals surface area contributed by atoms with Crippen molar-refractivity contribution in [3.8, 4) is 11.5 Å². The summed E-state index contributed by atoms with van der Waals surface area (Å²) in [6, 6.07) is 11.2. The van der Waals surface area contributed by atoms with E-state index in [1.54, 1.807) is 12.4 Å². The second-order valence-corrected chi connectivity index (χ2v) is 8.03. The van der Waals surface area contributed by atoms with Crippen molar-refractivity contribution in [3.05, 3.63) is 60.9 Å². The van der Waals surface area contributed by atoms with Crippen LogP contribution in [0.1, 0.15) is 32.1 Å². The lowest BCUT2D eigenvalue weighted by molar-refractivity contribution is -0.121. The van der Waals surface area contributed by atoms with E-state index in [9.17, 15) is 4.79 Å². The molecule has 1 fully saturated rings. The summed E-state index contributed by atoms with van der Waals surface area (Å²) in [7, 11) is 0. The number of ether oxygens (including phenoxy) is 1. The second kappa shape index (κ2) is 9.70. The molecule has 29 heavy (non-hydrogen) atoms. The van der Waals surface area contributed by atoms with Gasteiger partial charge in [-0.2, -0.15) is 0 Å². The Labute approximate surface area is 172 Å². The number of nitrogens with one attached hydrogen (secondary N) is 1. The van der Waals surface area contributed by atoms with Gasteiger partial charge >= 0.3 is 0 Å². The van der Waals surface area contributed by atoms with Crippen LogP contribution in [0.5, 0.6) is 11.5 Å². The van der Waals surface area contributed by atoms with Gasteiger partial charge in [0.25, 0.3) is 0 Å². The van der Waals surface area contributed by atoms with Gasteiger partial charge in [0.1, 0.15) is 11.5 Å². The number of amides is 1. The topological polar surface area (TPSA) is 54.5 Å². The van der Waals surface area contributed by atoms with Gasteiger partial charge in [0.05, 0.1) is 6.20 Å². The van der Waals surface area contributed by atoms with Crippen LogP contribution in [0.2, 0.25) is 0 Å². The van der Waals surface area contributed by atoms with Crippen molar-refractivity contribution in [2.45, 2.75) is 32.1 Å². The average molecular weight is 392 g/mol. The molecule has 1 aromatic heterocycles. The zero-order valence-corrected chi connectivity index (χ0v) is 16.8. The molecule has 0 saturated carbocycles. The van der Waals surface area contributed by atoms with Gasteiger partial charge in [-0.1, -0.05) is 12.2 Å². The molecule has 1 unspecified atom stereocenters. The molecule has 1 amide bonds. The highest BCUT2D eigenvalue weighted by atomic mass is 16.5. The van der Waals surface area contributed by atoms with E-state index in [1.165, 1.54) is 25.8 Å². The van der Waals surface area contributed by atoms with E-state index >= 15 is 0 Å². The summed E-state index contributed by atoms with van der Waals surface area (Å²) in [5, 5.41) is 3.06. The molecular formula is C24H29N3O2. The predicted molar refractivity (Wildman–Crippen MR) is 115 cm³/mol. The summed E-state index contributed by atoms with van der Waals surface area (Å²) in [5.74, 6) is 2.44. The van der Waals surface area contributed by atoms with Crippen LogP contribution < -0.4 is 10.1 Å². The summed E-state index contributed by atoms with van der Waals surface area (Å²) < 4.78 is 5.74. The minimum atomic E-state index is 0.101. The Morgan fingerprint density at radius 3 is 2.59 bits per heavy atom. The zero-order valence-electron chi connectivity index (χ0n) is 16.8. The van der Waals surface area contributed by atoms with Crippen molar-refractivity contribution in [2.24, 2.45) is 11.8 Å².